The Kier molecular flexibility index (Phi) is 5.85. The van der Waals surface area contributed by atoms with Gasteiger partial charge in [-0.1, -0.05) is 26.0 Å². The maximum absolute atomic E-state index is 12.6. The van der Waals surface area contributed by atoms with Crippen LogP contribution >= 0.6 is 0 Å². The number of aliphatic imine (C=N–C) groups is 1. The van der Waals surface area contributed by atoms with E-state index in [1.807, 2.05) is 0 Å². The largest absolute Gasteiger partial charge is 0.416 e. The average Bonchev–Trinajstić information content (AvgIpc) is 2.38. The third-order valence-corrected chi connectivity index (χ3v) is 2.62. The zero-order chi connectivity index (χ0) is 15.2. The average molecular weight is 287 g/mol. The molecule has 0 fully saturated rings. The molecule has 0 saturated carbocycles. The maximum Gasteiger partial charge on any atom is 0.416 e. The molecule has 0 aliphatic carbocycles. The van der Waals surface area contributed by atoms with Gasteiger partial charge in [0.1, 0.15) is 0 Å². The van der Waals surface area contributed by atoms with Crippen molar-refractivity contribution in [2.75, 3.05) is 13.6 Å². The Morgan fingerprint density at radius 3 is 2.50 bits per heavy atom. The Labute approximate surface area is 117 Å². The van der Waals surface area contributed by atoms with Gasteiger partial charge in [-0.15, -0.1) is 0 Å². The van der Waals surface area contributed by atoms with E-state index in [0.717, 1.165) is 18.7 Å². The van der Waals surface area contributed by atoms with Gasteiger partial charge in [0.15, 0.2) is 5.96 Å². The lowest BCUT2D eigenvalue weighted by Gasteiger charge is -2.14. The monoisotopic (exact) mass is 287 g/mol. The summed E-state index contributed by atoms with van der Waals surface area (Å²) in [5, 5.41) is 6.09. The lowest BCUT2D eigenvalue weighted by molar-refractivity contribution is -0.137. The van der Waals surface area contributed by atoms with E-state index in [1.54, 1.807) is 13.1 Å². The molecule has 0 bridgehead atoms. The summed E-state index contributed by atoms with van der Waals surface area (Å²) in [5.74, 6) is 1.04. The van der Waals surface area contributed by atoms with Crippen molar-refractivity contribution < 1.29 is 13.2 Å². The Morgan fingerprint density at radius 1 is 1.25 bits per heavy atom. The van der Waals surface area contributed by atoms with E-state index in [-0.39, 0.29) is 0 Å². The molecule has 0 radical (unpaired) electrons. The number of nitrogens with zero attached hydrogens (tertiary/aromatic N) is 1. The number of hydrogen-bond donors (Lipinski definition) is 2. The fourth-order valence-electron chi connectivity index (χ4n) is 1.56. The zero-order valence-electron chi connectivity index (χ0n) is 11.9. The van der Waals surface area contributed by atoms with Crippen LogP contribution in [0.25, 0.3) is 0 Å². The van der Waals surface area contributed by atoms with Crippen LogP contribution < -0.4 is 10.6 Å². The first-order valence-corrected chi connectivity index (χ1v) is 6.43. The van der Waals surface area contributed by atoms with Crippen LogP contribution in [0.15, 0.2) is 29.3 Å². The summed E-state index contributed by atoms with van der Waals surface area (Å²) < 4.78 is 37.8. The van der Waals surface area contributed by atoms with Gasteiger partial charge in [0.2, 0.25) is 0 Å². The highest BCUT2D eigenvalue weighted by atomic mass is 19.4. The summed E-state index contributed by atoms with van der Waals surface area (Å²) in [7, 11) is 1.63. The van der Waals surface area contributed by atoms with Crippen molar-refractivity contribution in [2.45, 2.75) is 26.6 Å². The van der Waals surface area contributed by atoms with E-state index in [1.165, 1.54) is 6.07 Å². The molecule has 0 heterocycles. The van der Waals surface area contributed by atoms with E-state index < -0.39 is 11.7 Å². The van der Waals surface area contributed by atoms with E-state index in [0.29, 0.717) is 24.0 Å². The lowest BCUT2D eigenvalue weighted by atomic mass is 10.1. The van der Waals surface area contributed by atoms with Crippen molar-refractivity contribution in [1.29, 1.82) is 0 Å². The van der Waals surface area contributed by atoms with Crippen LogP contribution in [0.5, 0.6) is 0 Å². The van der Waals surface area contributed by atoms with Gasteiger partial charge in [-0.05, 0) is 23.6 Å². The fourth-order valence-corrected chi connectivity index (χ4v) is 1.56. The second-order valence-corrected chi connectivity index (χ2v) is 4.90. The van der Waals surface area contributed by atoms with Crippen LogP contribution in [0.3, 0.4) is 0 Å². The van der Waals surface area contributed by atoms with Gasteiger partial charge < -0.3 is 10.6 Å². The van der Waals surface area contributed by atoms with Crippen molar-refractivity contribution in [3.05, 3.63) is 35.4 Å². The smallest absolute Gasteiger partial charge is 0.356 e. The van der Waals surface area contributed by atoms with Gasteiger partial charge in [-0.3, -0.25) is 4.99 Å². The molecule has 1 aromatic rings. The molecule has 6 heteroatoms. The Bertz CT molecular complexity index is 453. The van der Waals surface area contributed by atoms with Crippen molar-refractivity contribution in [2.24, 2.45) is 10.9 Å². The predicted molar refractivity (Wildman–Crippen MR) is 74.5 cm³/mol. The summed E-state index contributed by atoms with van der Waals surface area (Å²) in [4.78, 5) is 4.02. The summed E-state index contributed by atoms with van der Waals surface area (Å²) in [5.41, 5.74) is -0.0748. The minimum atomic E-state index is -4.31. The molecule has 1 rings (SSSR count). The molecule has 0 unspecified atom stereocenters. The molecular formula is C14H20F3N3. The van der Waals surface area contributed by atoms with E-state index in [4.69, 9.17) is 0 Å². The Morgan fingerprint density at radius 2 is 1.95 bits per heavy atom. The number of benzene rings is 1. The molecule has 0 aliphatic rings. The lowest BCUT2D eigenvalue weighted by Crippen LogP contribution is -2.38. The molecular weight excluding hydrogens is 267 g/mol. The molecule has 20 heavy (non-hydrogen) atoms. The highest BCUT2D eigenvalue weighted by Crippen LogP contribution is 2.29. The molecule has 0 aliphatic heterocycles. The van der Waals surface area contributed by atoms with Gasteiger partial charge in [0.25, 0.3) is 0 Å². The molecule has 0 aromatic heterocycles. The SMILES string of the molecule is CN=C(NCc1cccc(C(F)(F)F)c1)NCC(C)C. The normalized spacial score (nSPS) is 12.7. The molecule has 112 valence electrons. The molecule has 3 nitrogen and oxygen atoms in total. The standard InChI is InChI=1S/C14H20F3N3/c1-10(2)8-19-13(18-3)20-9-11-5-4-6-12(7-11)14(15,16)17/h4-7,10H,8-9H2,1-3H3,(H2,18,19,20). The second-order valence-electron chi connectivity index (χ2n) is 4.90. The first-order chi connectivity index (χ1) is 9.32. The fraction of sp³-hybridized carbons (Fsp3) is 0.500. The minimum absolute atomic E-state index is 0.293. The van der Waals surface area contributed by atoms with Gasteiger partial charge >= 0.3 is 6.18 Å². The number of rotatable bonds is 4. The number of nitrogens with one attached hydrogen (secondary N) is 2. The summed E-state index contributed by atoms with van der Waals surface area (Å²) in [6.07, 6.45) is -4.31. The highest BCUT2D eigenvalue weighted by molar-refractivity contribution is 5.79. The van der Waals surface area contributed by atoms with Crippen LogP contribution in [0.2, 0.25) is 0 Å². The number of hydrogen-bond acceptors (Lipinski definition) is 1. The van der Waals surface area contributed by atoms with Crippen LogP contribution in [-0.4, -0.2) is 19.6 Å². The third-order valence-electron chi connectivity index (χ3n) is 2.62. The molecule has 2 N–H and O–H groups in total. The van der Waals surface area contributed by atoms with E-state index >= 15 is 0 Å². The number of alkyl halides is 3. The highest BCUT2D eigenvalue weighted by Gasteiger charge is 2.30. The van der Waals surface area contributed by atoms with Crippen molar-refractivity contribution in [1.82, 2.24) is 10.6 Å². The summed E-state index contributed by atoms with van der Waals surface area (Å²) in [6, 6.07) is 5.26. The van der Waals surface area contributed by atoms with Crippen molar-refractivity contribution in [3.8, 4) is 0 Å². The first kappa shape index (κ1) is 16.3. The molecule has 0 spiro atoms. The molecule has 0 saturated heterocycles. The van der Waals surface area contributed by atoms with Gasteiger partial charge in [0.05, 0.1) is 5.56 Å². The summed E-state index contributed by atoms with van der Waals surface area (Å²) in [6.45, 7) is 5.17. The number of guanidine groups is 1. The molecule has 0 atom stereocenters. The van der Waals surface area contributed by atoms with Crippen LogP contribution in [0, 0.1) is 5.92 Å². The Balaban J connectivity index is 2.61. The van der Waals surface area contributed by atoms with E-state index in [2.05, 4.69) is 29.5 Å². The first-order valence-electron chi connectivity index (χ1n) is 6.43. The van der Waals surface area contributed by atoms with Gasteiger partial charge in [-0.25, -0.2) is 0 Å². The Hall–Kier alpha value is -1.72. The zero-order valence-corrected chi connectivity index (χ0v) is 11.9. The van der Waals surface area contributed by atoms with Crippen LogP contribution in [-0.2, 0) is 12.7 Å². The predicted octanol–water partition coefficient (Wildman–Crippen LogP) is 3.03. The van der Waals surface area contributed by atoms with Crippen molar-refractivity contribution >= 4 is 5.96 Å². The maximum atomic E-state index is 12.6. The second kappa shape index (κ2) is 7.17. The van der Waals surface area contributed by atoms with Crippen LogP contribution in [0.1, 0.15) is 25.0 Å². The molecule has 0 amide bonds. The summed E-state index contributed by atoms with van der Waals surface area (Å²) >= 11 is 0. The van der Waals surface area contributed by atoms with Gasteiger partial charge in [0, 0.05) is 20.1 Å². The topological polar surface area (TPSA) is 36.4 Å². The number of halogens is 3. The minimum Gasteiger partial charge on any atom is -0.356 e. The van der Waals surface area contributed by atoms with Crippen LogP contribution in [0.4, 0.5) is 13.2 Å². The van der Waals surface area contributed by atoms with E-state index in [9.17, 15) is 13.2 Å². The third kappa shape index (κ3) is 5.50. The van der Waals surface area contributed by atoms with Crippen molar-refractivity contribution in [3.63, 3.8) is 0 Å². The molecule has 1 aromatic carbocycles. The van der Waals surface area contributed by atoms with Gasteiger partial charge in [-0.2, -0.15) is 13.2 Å². The quantitative estimate of drug-likeness (QED) is 0.659.